The Bertz CT molecular complexity index is 990. The van der Waals surface area contributed by atoms with E-state index < -0.39 is 16.0 Å². The molecule has 0 aliphatic carbocycles. The lowest BCUT2D eigenvalue weighted by Crippen LogP contribution is -2.13. The van der Waals surface area contributed by atoms with Crippen LogP contribution in [0.15, 0.2) is 57.8 Å². The lowest BCUT2D eigenvalue weighted by atomic mass is 10.1. The Balaban J connectivity index is 2.16. The Morgan fingerprint density at radius 2 is 1.78 bits per heavy atom. The summed E-state index contributed by atoms with van der Waals surface area (Å²) in [5.41, 5.74) is 0.431. The summed E-state index contributed by atoms with van der Waals surface area (Å²) >= 11 is 0. The number of nitrogens with one attached hydrogen (secondary N) is 1. The van der Waals surface area contributed by atoms with Crippen molar-refractivity contribution in [3.63, 3.8) is 0 Å². The number of anilines is 1. The molecule has 23 heavy (non-hydrogen) atoms. The van der Waals surface area contributed by atoms with Gasteiger partial charge in [0.25, 0.3) is 10.0 Å². The SMILES string of the molecule is Cc1oc2cccc(NS(=O)(=O)c3ccccc3)c2c1C(=O)O. The third-order valence-electron chi connectivity index (χ3n) is 3.40. The first kappa shape index (κ1) is 15.1. The molecular formula is C16H13NO5S. The number of hydrogen-bond donors (Lipinski definition) is 2. The molecule has 6 nitrogen and oxygen atoms in total. The van der Waals surface area contributed by atoms with Gasteiger partial charge in [0.2, 0.25) is 0 Å². The van der Waals surface area contributed by atoms with E-state index >= 15 is 0 Å². The second-order valence-electron chi connectivity index (χ2n) is 4.94. The molecule has 2 aromatic carbocycles. The second kappa shape index (κ2) is 5.44. The van der Waals surface area contributed by atoms with Crippen molar-refractivity contribution in [3.8, 4) is 0 Å². The smallest absolute Gasteiger partial charge is 0.339 e. The number of carboxylic acid groups (broad SMARTS) is 1. The minimum atomic E-state index is -3.82. The van der Waals surface area contributed by atoms with E-state index in [1.54, 1.807) is 30.3 Å². The molecule has 0 saturated heterocycles. The van der Waals surface area contributed by atoms with Gasteiger partial charge in [-0.25, -0.2) is 13.2 Å². The number of carbonyl (C=O) groups is 1. The van der Waals surface area contributed by atoms with Crippen LogP contribution in [0.4, 0.5) is 5.69 Å². The molecule has 0 unspecified atom stereocenters. The van der Waals surface area contributed by atoms with Crippen LogP contribution in [0.25, 0.3) is 11.0 Å². The summed E-state index contributed by atoms with van der Waals surface area (Å²) in [7, 11) is -3.82. The topological polar surface area (TPSA) is 96.6 Å². The summed E-state index contributed by atoms with van der Waals surface area (Å²) in [4.78, 5) is 11.5. The first-order valence-electron chi connectivity index (χ1n) is 6.73. The minimum Gasteiger partial charge on any atom is -0.478 e. The number of aryl methyl sites for hydroxylation is 1. The van der Waals surface area contributed by atoms with E-state index in [-0.39, 0.29) is 27.3 Å². The van der Waals surface area contributed by atoms with Gasteiger partial charge in [0.1, 0.15) is 16.9 Å². The fourth-order valence-electron chi connectivity index (χ4n) is 2.41. The van der Waals surface area contributed by atoms with Gasteiger partial charge in [0.05, 0.1) is 16.0 Å². The quantitative estimate of drug-likeness (QED) is 0.765. The van der Waals surface area contributed by atoms with Crippen LogP contribution in [-0.4, -0.2) is 19.5 Å². The highest BCUT2D eigenvalue weighted by Gasteiger charge is 2.22. The molecule has 2 N–H and O–H groups in total. The molecule has 0 atom stereocenters. The highest BCUT2D eigenvalue weighted by Crippen LogP contribution is 2.33. The van der Waals surface area contributed by atoms with Crippen LogP contribution in [0, 0.1) is 6.92 Å². The van der Waals surface area contributed by atoms with Gasteiger partial charge in [-0.2, -0.15) is 0 Å². The number of furan rings is 1. The number of aromatic carboxylic acids is 1. The molecule has 3 aromatic rings. The van der Waals surface area contributed by atoms with Gasteiger partial charge < -0.3 is 9.52 Å². The molecule has 0 fully saturated rings. The van der Waals surface area contributed by atoms with Crippen LogP contribution in [0.3, 0.4) is 0 Å². The van der Waals surface area contributed by atoms with Gasteiger partial charge in [0.15, 0.2) is 0 Å². The Kier molecular flexibility index (Phi) is 3.57. The van der Waals surface area contributed by atoms with E-state index in [9.17, 15) is 18.3 Å². The van der Waals surface area contributed by atoms with Crippen molar-refractivity contribution in [2.24, 2.45) is 0 Å². The molecule has 0 amide bonds. The number of hydrogen-bond acceptors (Lipinski definition) is 4. The van der Waals surface area contributed by atoms with Crippen LogP contribution in [0.5, 0.6) is 0 Å². The molecule has 0 aliphatic rings. The highest BCUT2D eigenvalue weighted by molar-refractivity contribution is 7.92. The Hall–Kier alpha value is -2.80. The summed E-state index contributed by atoms with van der Waals surface area (Å²) in [6, 6.07) is 12.5. The van der Waals surface area contributed by atoms with Gasteiger partial charge in [-0.3, -0.25) is 4.72 Å². The molecule has 0 saturated carbocycles. The lowest BCUT2D eigenvalue weighted by Gasteiger charge is -2.09. The Labute approximate surface area is 132 Å². The number of sulfonamides is 1. The van der Waals surface area contributed by atoms with Crippen molar-refractivity contribution in [1.29, 1.82) is 0 Å². The number of benzene rings is 2. The molecule has 7 heteroatoms. The van der Waals surface area contributed by atoms with E-state index in [2.05, 4.69) is 4.72 Å². The van der Waals surface area contributed by atoms with Crippen molar-refractivity contribution < 1.29 is 22.7 Å². The predicted octanol–water partition coefficient (Wildman–Crippen LogP) is 3.24. The van der Waals surface area contributed by atoms with E-state index in [1.165, 1.54) is 25.1 Å². The number of carboxylic acids is 1. The summed E-state index contributed by atoms with van der Waals surface area (Å²) in [5.74, 6) is -0.952. The van der Waals surface area contributed by atoms with Crippen molar-refractivity contribution in [3.05, 3.63) is 59.9 Å². The molecule has 0 radical (unpaired) electrons. The largest absolute Gasteiger partial charge is 0.478 e. The van der Waals surface area contributed by atoms with E-state index in [0.29, 0.717) is 5.58 Å². The molecule has 1 aromatic heterocycles. The van der Waals surface area contributed by atoms with Gasteiger partial charge >= 0.3 is 5.97 Å². The fraction of sp³-hybridized carbons (Fsp3) is 0.0625. The van der Waals surface area contributed by atoms with Crippen molar-refractivity contribution in [2.45, 2.75) is 11.8 Å². The standard InChI is InChI=1S/C16H13NO5S/c1-10-14(16(18)19)15-12(8-5-9-13(15)22-10)17-23(20,21)11-6-3-2-4-7-11/h2-9,17H,1H3,(H,18,19). The molecular weight excluding hydrogens is 318 g/mol. The monoisotopic (exact) mass is 331 g/mol. The molecule has 0 bridgehead atoms. The van der Waals surface area contributed by atoms with Gasteiger partial charge in [0, 0.05) is 0 Å². The molecule has 3 rings (SSSR count). The summed E-state index contributed by atoms with van der Waals surface area (Å²) < 4.78 is 32.7. The van der Waals surface area contributed by atoms with Crippen LogP contribution >= 0.6 is 0 Å². The third-order valence-corrected chi connectivity index (χ3v) is 4.78. The molecule has 0 aliphatic heterocycles. The van der Waals surface area contributed by atoms with E-state index in [0.717, 1.165) is 0 Å². The zero-order chi connectivity index (χ0) is 16.6. The highest BCUT2D eigenvalue weighted by atomic mass is 32.2. The first-order valence-corrected chi connectivity index (χ1v) is 8.22. The van der Waals surface area contributed by atoms with Crippen LogP contribution < -0.4 is 4.72 Å². The predicted molar refractivity (Wildman–Crippen MR) is 85.2 cm³/mol. The maximum absolute atomic E-state index is 12.4. The summed E-state index contributed by atoms with van der Waals surface area (Å²) in [6.45, 7) is 1.53. The second-order valence-corrected chi connectivity index (χ2v) is 6.62. The Morgan fingerprint density at radius 3 is 2.43 bits per heavy atom. The maximum Gasteiger partial charge on any atom is 0.339 e. The summed E-state index contributed by atoms with van der Waals surface area (Å²) in [5, 5.41) is 9.59. The van der Waals surface area contributed by atoms with Gasteiger partial charge in [-0.1, -0.05) is 24.3 Å². The zero-order valence-electron chi connectivity index (χ0n) is 12.1. The number of fused-ring (bicyclic) bond motifs is 1. The molecule has 1 heterocycles. The third kappa shape index (κ3) is 2.66. The Morgan fingerprint density at radius 1 is 1.09 bits per heavy atom. The van der Waals surface area contributed by atoms with E-state index in [1.807, 2.05) is 0 Å². The lowest BCUT2D eigenvalue weighted by molar-refractivity contribution is 0.0697. The van der Waals surface area contributed by atoms with Crippen molar-refractivity contribution in [2.75, 3.05) is 4.72 Å². The van der Waals surface area contributed by atoms with Crippen LogP contribution in [0.1, 0.15) is 16.1 Å². The normalized spacial score (nSPS) is 11.5. The van der Waals surface area contributed by atoms with Crippen molar-refractivity contribution in [1.82, 2.24) is 0 Å². The van der Waals surface area contributed by atoms with Crippen LogP contribution in [-0.2, 0) is 10.0 Å². The molecule has 118 valence electrons. The van der Waals surface area contributed by atoms with Crippen LogP contribution in [0.2, 0.25) is 0 Å². The average Bonchev–Trinajstić information content (AvgIpc) is 2.85. The van der Waals surface area contributed by atoms with E-state index in [4.69, 9.17) is 4.42 Å². The summed E-state index contributed by atoms with van der Waals surface area (Å²) in [6.07, 6.45) is 0. The van der Waals surface area contributed by atoms with Gasteiger partial charge in [-0.05, 0) is 31.2 Å². The zero-order valence-corrected chi connectivity index (χ0v) is 12.9. The average molecular weight is 331 g/mol. The fourth-order valence-corrected chi connectivity index (χ4v) is 3.50. The molecule has 0 spiro atoms. The van der Waals surface area contributed by atoms with Gasteiger partial charge in [-0.15, -0.1) is 0 Å². The van der Waals surface area contributed by atoms with Crippen molar-refractivity contribution >= 4 is 32.6 Å². The first-order chi connectivity index (χ1) is 10.9. The number of rotatable bonds is 4. The maximum atomic E-state index is 12.4. The minimum absolute atomic E-state index is 0.0497.